The van der Waals surface area contributed by atoms with Gasteiger partial charge in [0.2, 0.25) is 10.0 Å². The van der Waals surface area contributed by atoms with Crippen molar-refractivity contribution in [2.75, 3.05) is 6.54 Å². The van der Waals surface area contributed by atoms with E-state index in [0.717, 1.165) is 18.2 Å². The lowest BCUT2D eigenvalue weighted by Crippen LogP contribution is -2.33. The van der Waals surface area contributed by atoms with Gasteiger partial charge < -0.3 is 5.11 Å². The van der Waals surface area contributed by atoms with E-state index < -0.39 is 33.6 Å². The fourth-order valence-corrected chi connectivity index (χ4v) is 3.20. The molecule has 0 fully saturated rings. The van der Waals surface area contributed by atoms with Gasteiger partial charge in [-0.05, 0) is 34.1 Å². The molecule has 10 heteroatoms. The topological polar surface area (TPSA) is 83.5 Å². The van der Waals surface area contributed by atoms with Crippen LogP contribution in [0.1, 0.15) is 10.4 Å². The molecule has 5 nitrogen and oxygen atoms in total. The van der Waals surface area contributed by atoms with Gasteiger partial charge in [-0.1, -0.05) is 0 Å². The molecule has 0 saturated carbocycles. The number of alkyl halides is 3. The summed E-state index contributed by atoms with van der Waals surface area (Å²) in [5, 5.41) is 8.68. The number of hydrogen-bond donors (Lipinski definition) is 2. The minimum Gasteiger partial charge on any atom is -0.478 e. The van der Waals surface area contributed by atoms with Crippen LogP contribution in [0.2, 0.25) is 0 Å². The molecule has 1 aromatic carbocycles. The molecule has 1 aromatic rings. The van der Waals surface area contributed by atoms with Gasteiger partial charge >= 0.3 is 12.1 Å². The van der Waals surface area contributed by atoms with Crippen molar-refractivity contribution in [1.82, 2.24) is 4.72 Å². The normalized spacial score (nSPS) is 12.4. The van der Waals surface area contributed by atoms with Gasteiger partial charge in [0.15, 0.2) is 0 Å². The van der Waals surface area contributed by atoms with Crippen LogP contribution in [-0.2, 0) is 10.0 Å². The summed E-state index contributed by atoms with van der Waals surface area (Å²) in [6.07, 6.45) is -4.68. The second-order valence-electron chi connectivity index (χ2n) is 3.39. The summed E-state index contributed by atoms with van der Waals surface area (Å²) >= 11 is 2.81. The average Bonchev–Trinajstić information content (AvgIpc) is 2.25. The molecule has 0 bridgehead atoms. The van der Waals surface area contributed by atoms with Crippen molar-refractivity contribution in [1.29, 1.82) is 0 Å². The predicted molar refractivity (Wildman–Crippen MR) is 62.3 cm³/mol. The first-order valence-electron chi connectivity index (χ1n) is 4.62. The van der Waals surface area contributed by atoms with Crippen molar-refractivity contribution >= 4 is 31.9 Å². The lowest BCUT2D eigenvalue weighted by Gasteiger charge is -2.10. The molecule has 0 heterocycles. The second kappa shape index (κ2) is 5.47. The number of carbonyl (C=O) groups is 1. The number of aromatic carboxylic acids is 1. The van der Waals surface area contributed by atoms with E-state index in [4.69, 9.17) is 5.11 Å². The zero-order chi connectivity index (χ0) is 14.8. The molecule has 0 unspecified atom stereocenters. The third-order valence-electron chi connectivity index (χ3n) is 1.93. The molecular weight excluding hydrogens is 355 g/mol. The van der Waals surface area contributed by atoms with Crippen molar-refractivity contribution in [3.63, 3.8) is 0 Å². The highest BCUT2D eigenvalue weighted by Gasteiger charge is 2.30. The van der Waals surface area contributed by atoms with Crippen molar-refractivity contribution in [2.45, 2.75) is 11.1 Å². The quantitative estimate of drug-likeness (QED) is 0.858. The molecule has 0 atom stereocenters. The molecule has 0 amide bonds. The largest absolute Gasteiger partial charge is 0.478 e. The molecule has 0 saturated heterocycles. The van der Waals surface area contributed by atoms with Crippen molar-refractivity contribution in [2.24, 2.45) is 0 Å². The molecule has 2 N–H and O–H groups in total. The van der Waals surface area contributed by atoms with E-state index in [-0.39, 0.29) is 10.0 Å². The number of rotatable bonds is 4. The van der Waals surface area contributed by atoms with Gasteiger partial charge in [0.25, 0.3) is 0 Å². The maximum absolute atomic E-state index is 12.0. The summed E-state index contributed by atoms with van der Waals surface area (Å²) in [5.74, 6) is -1.28. The highest BCUT2D eigenvalue weighted by atomic mass is 79.9. The van der Waals surface area contributed by atoms with Crippen molar-refractivity contribution in [3.05, 3.63) is 28.2 Å². The van der Waals surface area contributed by atoms with E-state index in [2.05, 4.69) is 15.9 Å². The van der Waals surface area contributed by atoms with Crippen LogP contribution >= 0.6 is 15.9 Å². The fraction of sp³-hybridized carbons (Fsp3) is 0.222. The maximum Gasteiger partial charge on any atom is 0.402 e. The van der Waals surface area contributed by atoms with Gasteiger partial charge in [-0.2, -0.15) is 13.2 Å². The number of benzene rings is 1. The number of nitrogens with one attached hydrogen (secondary N) is 1. The average molecular weight is 362 g/mol. The van der Waals surface area contributed by atoms with E-state index >= 15 is 0 Å². The molecule has 0 aliphatic rings. The van der Waals surface area contributed by atoms with Gasteiger partial charge in [-0.3, -0.25) is 0 Å². The Morgan fingerprint density at radius 1 is 1.37 bits per heavy atom. The highest BCUT2D eigenvalue weighted by Crippen LogP contribution is 2.24. The standard InChI is InChI=1S/C9H7BrF3NO4S/c10-6-3-5(8(15)16)1-2-7(6)19(17,18)14-4-9(11,12)13/h1-3,14H,4H2,(H,15,16). The van der Waals surface area contributed by atoms with Crippen LogP contribution in [0.15, 0.2) is 27.6 Å². The highest BCUT2D eigenvalue weighted by molar-refractivity contribution is 9.10. The number of sulfonamides is 1. The Kier molecular flexibility index (Phi) is 4.59. The minimum atomic E-state index is -4.68. The maximum atomic E-state index is 12.0. The Labute approximate surface area is 114 Å². The third-order valence-corrected chi connectivity index (χ3v) is 4.31. The van der Waals surface area contributed by atoms with Crippen LogP contribution in [0.5, 0.6) is 0 Å². The van der Waals surface area contributed by atoms with E-state index in [1.54, 1.807) is 0 Å². The second-order valence-corrected chi connectivity index (χ2v) is 5.98. The van der Waals surface area contributed by atoms with Crippen molar-refractivity contribution in [3.8, 4) is 0 Å². The van der Waals surface area contributed by atoms with Crippen molar-refractivity contribution < 1.29 is 31.5 Å². The number of carboxylic acid groups (broad SMARTS) is 1. The molecule has 19 heavy (non-hydrogen) atoms. The summed E-state index contributed by atoms with van der Waals surface area (Å²) in [5.41, 5.74) is -0.193. The smallest absolute Gasteiger partial charge is 0.402 e. The van der Waals surface area contributed by atoms with Gasteiger partial charge in [0.05, 0.1) is 10.5 Å². The van der Waals surface area contributed by atoms with Crippen LogP contribution in [-0.4, -0.2) is 32.2 Å². The Balaban J connectivity index is 3.06. The van der Waals surface area contributed by atoms with Gasteiger partial charge in [-0.25, -0.2) is 17.9 Å². The van der Waals surface area contributed by atoms with Crippen LogP contribution in [0, 0.1) is 0 Å². The van der Waals surface area contributed by atoms with Crippen LogP contribution < -0.4 is 4.72 Å². The third kappa shape index (κ3) is 4.48. The SMILES string of the molecule is O=C(O)c1ccc(S(=O)(=O)NCC(F)(F)F)c(Br)c1. The number of hydrogen-bond acceptors (Lipinski definition) is 3. The minimum absolute atomic E-state index is 0.137. The fourth-order valence-electron chi connectivity index (χ4n) is 1.11. The summed E-state index contributed by atoms with van der Waals surface area (Å²) in [7, 11) is -4.38. The zero-order valence-corrected chi connectivity index (χ0v) is 11.4. The Morgan fingerprint density at radius 2 is 1.95 bits per heavy atom. The summed E-state index contributed by atoms with van der Waals surface area (Å²) < 4.78 is 60.3. The lowest BCUT2D eigenvalue weighted by atomic mass is 10.2. The number of halogens is 4. The molecule has 0 spiro atoms. The molecular formula is C9H7BrF3NO4S. The molecule has 0 radical (unpaired) electrons. The van der Waals surface area contributed by atoms with Crippen LogP contribution in [0.4, 0.5) is 13.2 Å². The first kappa shape index (κ1) is 15.9. The Bertz CT molecular complexity index is 600. The van der Waals surface area contributed by atoms with Gasteiger partial charge in [-0.15, -0.1) is 0 Å². The molecule has 106 valence electrons. The summed E-state index contributed by atoms with van der Waals surface area (Å²) in [4.78, 5) is 10.2. The molecule has 0 aliphatic heterocycles. The lowest BCUT2D eigenvalue weighted by molar-refractivity contribution is -0.121. The summed E-state index contributed by atoms with van der Waals surface area (Å²) in [6.45, 7) is -1.71. The van der Waals surface area contributed by atoms with Crippen LogP contribution in [0.25, 0.3) is 0 Å². The van der Waals surface area contributed by atoms with Gasteiger partial charge in [0.1, 0.15) is 6.54 Å². The zero-order valence-electron chi connectivity index (χ0n) is 9.03. The Morgan fingerprint density at radius 3 is 2.37 bits per heavy atom. The van der Waals surface area contributed by atoms with E-state index in [9.17, 15) is 26.4 Å². The van der Waals surface area contributed by atoms with E-state index in [0.29, 0.717) is 0 Å². The van der Waals surface area contributed by atoms with Gasteiger partial charge in [0, 0.05) is 4.47 Å². The number of carboxylic acids is 1. The first-order chi connectivity index (χ1) is 8.53. The Hall–Kier alpha value is -1.13. The molecule has 0 aromatic heterocycles. The first-order valence-corrected chi connectivity index (χ1v) is 6.90. The molecule has 1 rings (SSSR count). The molecule has 0 aliphatic carbocycles. The predicted octanol–water partition coefficient (Wildman–Crippen LogP) is 1.99. The summed E-state index contributed by atoms with van der Waals surface area (Å²) in [6, 6.07) is 2.88. The van der Waals surface area contributed by atoms with E-state index in [1.165, 1.54) is 4.72 Å². The monoisotopic (exact) mass is 361 g/mol. The van der Waals surface area contributed by atoms with E-state index in [1.807, 2.05) is 0 Å². The van der Waals surface area contributed by atoms with Crippen LogP contribution in [0.3, 0.4) is 0 Å².